The van der Waals surface area contributed by atoms with Gasteiger partial charge < -0.3 is 15.2 Å². The van der Waals surface area contributed by atoms with E-state index in [2.05, 4.69) is 10.3 Å². The average Bonchev–Trinajstić information content (AvgIpc) is 3.65. The molecule has 3 fully saturated rings. The van der Waals surface area contributed by atoms with Crippen LogP contribution >= 0.6 is 0 Å². The maximum Gasteiger partial charge on any atom is 0.271 e. The Balaban J connectivity index is 1.41. The van der Waals surface area contributed by atoms with Gasteiger partial charge >= 0.3 is 0 Å². The van der Waals surface area contributed by atoms with Crippen LogP contribution in [-0.4, -0.2) is 51.9 Å². The molecule has 7 nitrogen and oxygen atoms in total. The summed E-state index contributed by atoms with van der Waals surface area (Å²) in [6, 6.07) is 4.45. The molecule has 1 aliphatic heterocycles. The Labute approximate surface area is 220 Å². The van der Waals surface area contributed by atoms with Crippen molar-refractivity contribution in [1.29, 1.82) is 0 Å². The second kappa shape index (κ2) is 10.2. The topological polar surface area (TPSA) is 99.3 Å². The van der Waals surface area contributed by atoms with Crippen molar-refractivity contribution in [3.63, 3.8) is 0 Å². The fraction of sp³-hybridized carbons (Fsp3) is 0.586. The fourth-order valence-electron chi connectivity index (χ4n) is 6.85. The number of hydrogen-bond donors (Lipinski definition) is 2. The van der Waals surface area contributed by atoms with Crippen molar-refractivity contribution in [2.45, 2.75) is 83.2 Å². The van der Waals surface area contributed by atoms with Crippen LogP contribution in [0, 0.1) is 17.8 Å². The molecule has 9 heteroatoms. The number of carbonyl (C=O) groups excluding carboxylic acids is 4. The maximum absolute atomic E-state index is 14.2. The van der Waals surface area contributed by atoms with Gasteiger partial charge in [0.1, 0.15) is 17.5 Å². The monoisotopic (exact) mass is 527 g/mol. The molecule has 38 heavy (non-hydrogen) atoms. The second-order valence-electron chi connectivity index (χ2n) is 11.3. The molecule has 2 amide bonds. The molecular weight excluding hydrogens is 492 g/mol. The molecule has 2 N–H and O–H groups in total. The third-order valence-electron chi connectivity index (χ3n) is 8.79. The van der Waals surface area contributed by atoms with Crippen LogP contribution in [0.3, 0.4) is 0 Å². The van der Waals surface area contributed by atoms with Gasteiger partial charge in [-0.15, -0.1) is 0 Å². The number of halogens is 2. The van der Waals surface area contributed by atoms with Crippen LogP contribution in [0.5, 0.6) is 0 Å². The van der Waals surface area contributed by atoms with Gasteiger partial charge in [0, 0.05) is 48.7 Å². The number of carbonyl (C=O) groups is 4. The molecule has 1 saturated heterocycles. The van der Waals surface area contributed by atoms with Gasteiger partial charge in [0.15, 0.2) is 5.78 Å². The molecule has 204 valence electrons. The highest BCUT2D eigenvalue weighted by molar-refractivity contribution is 6.02. The Morgan fingerprint density at radius 2 is 1.97 bits per heavy atom. The van der Waals surface area contributed by atoms with E-state index in [0.29, 0.717) is 24.9 Å². The summed E-state index contributed by atoms with van der Waals surface area (Å²) in [5, 5.41) is 3.19. The van der Waals surface area contributed by atoms with Crippen molar-refractivity contribution in [2.75, 3.05) is 6.54 Å². The minimum Gasteiger partial charge on any atom is -0.351 e. The van der Waals surface area contributed by atoms with E-state index < -0.39 is 23.9 Å². The first kappa shape index (κ1) is 26.5. The van der Waals surface area contributed by atoms with Gasteiger partial charge in [0.25, 0.3) is 11.8 Å². The molecule has 5 unspecified atom stereocenters. The van der Waals surface area contributed by atoms with Crippen LogP contribution in [0.2, 0.25) is 0 Å². The second-order valence-corrected chi connectivity index (χ2v) is 11.3. The molecule has 0 spiro atoms. The molecule has 5 atom stereocenters. The number of ketones is 2. The Morgan fingerprint density at radius 1 is 1.18 bits per heavy atom. The van der Waals surface area contributed by atoms with E-state index >= 15 is 0 Å². The van der Waals surface area contributed by atoms with Crippen molar-refractivity contribution >= 4 is 34.3 Å². The number of fused-ring (bicyclic) bond motifs is 2. The van der Waals surface area contributed by atoms with Crippen molar-refractivity contribution < 1.29 is 28.0 Å². The number of aromatic amines is 1. The molecule has 2 aromatic rings. The molecular formula is C29H35F2N3O4. The fourth-order valence-corrected chi connectivity index (χ4v) is 6.85. The molecule has 2 aliphatic carbocycles. The summed E-state index contributed by atoms with van der Waals surface area (Å²) in [5.74, 6) is -3.92. The summed E-state index contributed by atoms with van der Waals surface area (Å²) in [7, 11) is 0. The number of likely N-dealkylation sites (tertiary alicyclic amines) is 1. The van der Waals surface area contributed by atoms with Gasteiger partial charge in [-0.3, -0.25) is 19.2 Å². The third kappa shape index (κ3) is 4.87. The first-order valence-corrected chi connectivity index (χ1v) is 13.7. The highest BCUT2D eigenvalue weighted by Crippen LogP contribution is 2.43. The average molecular weight is 528 g/mol. The van der Waals surface area contributed by atoms with E-state index in [1.807, 2.05) is 0 Å². The molecule has 5 rings (SSSR count). The lowest BCUT2D eigenvalue weighted by molar-refractivity contribution is -0.131. The lowest BCUT2D eigenvalue weighted by Crippen LogP contribution is -2.53. The number of nitrogens with zero attached hydrogens (tertiary/aromatic N) is 1. The van der Waals surface area contributed by atoms with Crippen LogP contribution in [-0.2, 0) is 20.3 Å². The minimum atomic E-state index is -3.07. The molecule has 3 aliphatic rings. The molecule has 0 bridgehead atoms. The molecule has 1 aromatic heterocycles. The van der Waals surface area contributed by atoms with E-state index in [1.54, 1.807) is 17.9 Å². The van der Waals surface area contributed by atoms with Gasteiger partial charge in [-0.25, -0.2) is 8.78 Å². The quantitative estimate of drug-likeness (QED) is 0.518. The normalized spacial score (nSPS) is 26.1. The predicted molar refractivity (Wildman–Crippen MR) is 138 cm³/mol. The lowest BCUT2D eigenvalue weighted by atomic mass is 9.91. The van der Waals surface area contributed by atoms with Gasteiger partial charge in [0.2, 0.25) is 5.91 Å². The van der Waals surface area contributed by atoms with E-state index in [1.165, 1.54) is 18.2 Å². The Morgan fingerprint density at radius 3 is 2.66 bits per heavy atom. The van der Waals surface area contributed by atoms with Gasteiger partial charge in [0.05, 0.1) is 6.04 Å². The zero-order chi connectivity index (χ0) is 27.2. The van der Waals surface area contributed by atoms with E-state index in [9.17, 15) is 28.0 Å². The Kier molecular flexibility index (Phi) is 7.13. The minimum absolute atomic E-state index is 0.0237. The summed E-state index contributed by atoms with van der Waals surface area (Å²) in [6.45, 7) is 2.97. The number of benzene rings is 1. The summed E-state index contributed by atoms with van der Waals surface area (Å²) in [5.41, 5.74) is 0.426. The smallest absolute Gasteiger partial charge is 0.271 e. The number of nitrogens with one attached hydrogen (secondary N) is 2. The van der Waals surface area contributed by atoms with Crippen LogP contribution in [0.4, 0.5) is 8.78 Å². The first-order chi connectivity index (χ1) is 18.1. The standard InChI is InChI=1S/C29H35F2N3O4/c1-3-24(35)22(13-16-7-5-12-25(16)36)33-27(37)26-18-9-4-8-17(18)15-34(26)28(38)23-14-19-20(29(2,30)31)10-6-11-21(19)32-23/h6,10-11,14,16-18,22,26,32H,3-5,7-9,12-13,15H2,1-2H3,(H,33,37). The number of rotatable bonds is 8. The molecule has 2 heterocycles. The van der Waals surface area contributed by atoms with Crippen molar-refractivity contribution in [3.8, 4) is 0 Å². The molecule has 0 radical (unpaired) electrons. The van der Waals surface area contributed by atoms with E-state index in [0.717, 1.165) is 39.0 Å². The van der Waals surface area contributed by atoms with Crippen LogP contribution in [0.1, 0.15) is 81.3 Å². The first-order valence-electron chi connectivity index (χ1n) is 13.7. The lowest BCUT2D eigenvalue weighted by Gasteiger charge is -2.29. The van der Waals surface area contributed by atoms with Gasteiger partial charge in [-0.2, -0.15) is 0 Å². The number of hydrogen-bond acceptors (Lipinski definition) is 4. The summed E-state index contributed by atoms with van der Waals surface area (Å²) < 4.78 is 28.4. The van der Waals surface area contributed by atoms with Crippen molar-refractivity contribution in [1.82, 2.24) is 15.2 Å². The number of aromatic nitrogens is 1. The highest BCUT2D eigenvalue weighted by Gasteiger charge is 2.50. The number of Topliss-reactive ketones (excluding diaryl/α,β-unsaturated/α-hetero) is 2. The third-order valence-corrected chi connectivity index (χ3v) is 8.79. The highest BCUT2D eigenvalue weighted by atomic mass is 19.3. The zero-order valence-electron chi connectivity index (χ0n) is 21.9. The van der Waals surface area contributed by atoms with Crippen molar-refractivity contribution in [2.24, 2.45) is 17.8 Å². The summed E-state index contributed by atoms with van der Waals surface area (Å²) in [4.78, 5) is 57.0. The number of alkyl halides is 2. The van der Waals surface area contributed by atoms with Crippen LogP contribution in [0.25, 0.3) is 10.9 Å². The summed E-state index contributed by atoms with van der Waals surface area (Å²) in [6.07, 6.45) is 5.25. The molecule has 2 saturated carbocycles. The number of H-pyrrole nitrogens is 1. The van der Waals surface area contributed by atoms with Crippen molar-refractivity contribution in [3.05, 3.63) is 35.5 Å². The molecule has 1 aromatic carbocycles. The SMILES string of the molecule is CCC(=O)C(CC1CCCC1=O)NC(=O)C1C2CCCC2CN1C(=O)c1cc2c(C(C)(F)F)cccc2[nH]1. The predicted octanol–water partition coefficient (Wildman–Crippen LogP) is 4.74. The Hall–Kier alpha value is -3.10. The Bertz CT molecular complexity index is 1270. The van der Waals surface area contributed by atoms with Crippen LogP contribution in [0.15, 0.2) is 24.3 Å². The van der Waals surface area contributed by atoms with E-state index in [-0.39, 0.29) is 58.3 Å². The van der Waals surface area contributed by atoms with Gasteiger partial charge in [-0.05, 0) is 56.1 Å². The van der Waals surface area contributed by atoms with Crippen LogP contribution < -0.4 is 5.32 Å². The summed E-state index contributed by atoms with van der Waals surface area (Å²) >= 11 is 0. The van der Waals surface area contributed by atoms with E-state index in [4.69, 9.17) is 0 Å². The largest absolute Gasteiger partial charge is 0.351 e. The van der Waals surface area contributed by atoms with Gasteiger partial charge in [-0.1, -0.05) is 25.5 Å². The maximum atomic E-state index is 14.2. The number of amides is 2. The zero-order valence-corrected chi connectivity index (χ0v) is 21.9.